The molecule has 9 heteroatoms. The fourth-order valence-electron chi connectivity index (χ4n) is 4.23. The number of nitrogens with one attached hydrogen (secondary N) is 2. The van der Waals surface area contributed by atoms with Gasteiger partial charge in [0, 0.05) is 18.7 Å². The van der Waals surface area contributed by atoms with Crippen LogP contribution in [0.3, 0.4) is 0 Å². The van der Waals surface area contributed by atoms with E-state index in [0.717, 1.165) is 25.7 Å². The van der Waals surface area contributed by atoms with Gasteiger partial charge < -0.3 is 25.0 Å². The van der Waals surface area contributed by atoms with E-state index in [4.69, 9.17) is 15.9 Å². The molecule has 0 fully saturated rings. The molecule has 0 heterocycles. The van der Waals surface area contributed by atoms with Crippen molar-refractivity contribution in [3.8, 4) is 12.3 Å². The second kappa shape index (κ2) is 18.0. The second-order valence-electron chi connectivity index (χ2n) is 11.3. The Morgan fingerprint density at radius 3 is 2.17 bits per heavy atom. The molecule has 0 bridgehead atoms. The third-order valence-corrected chi connectivity index (χ3v) is 6.28. The fraction of sp³-hybridized carbons (Fsp3) is 0.625. The maximum absolute atomic E-state index is 14.2. The number of esters is 1. The van der Waals surface area contributed by atoms with E-state index in [1.54, 1.807) is 52.0 Å². The van der Waals surface area contributed by atoms with Crippen LogP contribution in [-0.2, 0) is 23.9 Å². The smallest absolute Gasteiger partial charge is 0.408 e. The Balaban J connectivity index is 3.43. The number of terminal acetylenes is 1. The number of nitrogens with zero attached hydrogens (tertiary/aromatic N) is 1. The molecular formula is C32H49N3O6. The van der Waals surface area contributed by atoms with E-state index in [-0.39, 0.29) is 25.5 Å². The second-order valence-corrected chi connectivity index (χ2v) is 11.3. The molecule has 2 atom stereocenters. The molecule has 2 unspecified atom stereocenters. The Hall–Kier alpha value is -3.54. The Morgan fingerprint density at radius 1 is 1.00 bits per heavy atom. The van der Waals surface area contributed by atoms with Gasteiger partial charge in [-0.2, -0.15) is 0 Å². The fourth-order valence-corrected chi connectivity index (χ4v) is 4.23. The van der Waals surface area contributed by atoms with E-state index < -0.39 is 41.6 Å². The van der Waals surface area contributed by atoms with Crippen molar-refractivity contribution in [3.63, 3.8) is 0 Å². The zero-order chi connectivity index (χ0) is 31.0. The Morgan fingerprint density at radius 2 is 1.63 bits per heavy atom. The van der Waals surface area contributed by atoms with Crippen LogP contribution in [-0.4, -0.2) is 60.1 Å². The molecule has 2 N–H and O–H groups in total. The number of hydrogen-bond acceptors (Lipinski definition) is 6. The van der Waals surface area contributed by atoms with E-state index in [0.29, 0.717) is 24.1 Å². The highest BCUT2D eigenvalue weighted by Crippen LogP contribution is 2.25. The van der Waals surface area contributed by atoms with Gasteiger partial charge in [-0.05, 0) is 57.7 Å². The van der Waals surface area contributed by atoms with Crippen LogP contribution in [0.5, 0.6) is 0 Å². The van der Waals surface area contributed by atoms with Crippen LogP contribution in [0.25, 0.3) is 0 Å². The monoisotopic (exact) mass is 571 g/mol. The number of unbranched alkanes of at least 4 members (excludes halogenated alkanes) is 4. The lowest BCUT2D eigenvalue weighted by Gasteiger charge is -2.35. The summed E-state index contributed by atoms with van der Waals surface area (Å²) in [5.41, 5.74) is 0.465. The van der Waals surface area contributed by atoms with Crippen molar-refractivity contribution in [2.75, 3.05) is 19.7 Å². The number of ether oxygens (including phenoxy) is 2. The highest BCUT2D eigenvalue weighted by Gasteiger charge is 2.37. The molecule has 0 aliphatic carbocycles. The number of benzene rings is 1. The van der Waals surface area contributed by atoms with Crippen LogP contribution < -0.4 is 10.6 Å². The zero-order valence-electron chi connectivity index (χ0n) is 25.9. The summed E-state index contributed by atoms with van der Waals surface area (Å²) in [6.07, 6.45) is 9.56. The van der Waals surface area contributed by atoms with Crippen LogP contribution in [0.4, 0.5) is 4.79 Å². The zero-order valence-corrected chi connectivity index (χ0v) is 25.9. The number of rotatable bonds is 16. The number of hydrogen-bond donors (Lipinski definition) is 2. The lowest BCUT2D eigenvalue weighted by atomic mass is 9.97. The van der Waals surface area contributed by atoms with Gasteiger partial charge in [-0.25, -0.2) is 4.79 Å². The van der Waals surface area contributed by atoms with Crippen LogP contribution in [0.15, 0.2) is 24.3 Å². The summed E-state index contributed by atoms with van der Waals surface area (Å²) >= 11 is 0. The van der Waals surface area contributed by atoms with Crippen molar-refractivity contribution in [3.05, 3.63) is 35.4 Å². The predicted octanol–water partition coefficient (Wildman–Crippen LogP) is 5.13. The minimum atomic E-state index is -1.01. The first kappa shape index (κ1) is 35.5. The summed E-state index contributed by atoms with van der Waals surface area (Å²) in [5.74, 6) is 1.02. The molecular weight excluding hydrogens is 522 g/mol. The summed E-state index contributed by atoms with van der Waals surface area (Å²) in [6, 6.07) is 4.96. The molecule has 0 aromatic heterocycles. The average molecular weight is 572 g/mol. The molecule has 1 aromatic rings. The van der Waals surface area contributed by atoms with Crippen LogP contribution >= 0.6 is 0 Å². The molecule has 0 spiro atoms. The van der Waals surface area contributed by atoms with Crippen molar-refractivity contribution in [1.82, 2.24) is 15.5 Å². The van der Waals surface area contributed by atoms with Gasteiger partial charge in [0.1, 0.15) is 17.7 Å². The minimum absolute atomic E-state index is 0.00210. The van der Waals surface area contributed by atoms with Crippen molar-refractivity contribution in [2.24, 2.45) is 5.92 Å². The van der Waals surface area contributed by atoms with Gasteiger partial charge in [-0.3, -0.25) is 14.4 Å². The van der Waals surface area contributed by atoms with Crippen molar-refractivity contribution < 1.29 is 28.7 Å². The lowest BCUT2D eigenvalue weighted by molar-refractivity contribution is -0.144. The molecule has 0 radical (unpaired) electrons. The molecule has 0 saturated heterocycles. The van der Waals surface area contributed by atoms with E-state index >= 15 is 0 Å². The normalized spacial score (nSPS) is 12.6. The summed E-state index contributed by atoms with van der Waals surface area (Å²) in [5, 5.41) is 5.53. The predicted molar refractivity (Wildman–Crippen MR) is 160 cm³/mol. The molecule has 0 aliphatic heterocycles. The first-order valence-electron chi connectivity index (χ1n) is 14.6. The van der Waals surface area contributed by atoms with Crippen molar-refractivity contribution in [1.29, 1.82) is 0 Å². The summed E-state index contributed by atoms with van der Waals surface area (Å²) in [7, 11) is 0. The van der Waals surface area contributed by atoms with Crippen LogP contribution in [0.2, 0.25) is 0 Å². The van der Waals surface area contributed by atoms with E-state index in [9.17, 15) is 19.2 Å². The summed E-state index contributed by atoms with van der Waals surface area (Å²) in [4.78, 5) is 54.0. The van der Waals surface area contributed by atoms with Gasteiger partial charge in [0.15, 0.2) is 0 Å². The molecule has 9 nitrogen and oxygen atoms in total. The molecule has 228 valence electrons. The average Bonchev–Trinajstić information content (AvgIpc) is 2.89. The highest BCUT2D eigenvalue weighted by molar-refractivity contribution is 5.92. The third-order valence-electron chi connectivity index (χ3n) is 6.28. The number of carbonyl (C=O) groups is 4. The topological polar surface area (TPSA) is 114 Å². The lowest BCUT2D eigenvalue weighted by Crippen LogP contribution is -2.55. The Bertz CT molecular complexity index is 1020. The minimum Gasteiger partial charge on any atom is -0.466 e. The van der Waals surface area contributed by atoms with E-state index in [1.807, 2.05) is 13.8 Å². The number of carbonyl (C=O) groups excluding carboxylic acids is 4. The SMILES string of the molecule is C#Cc1ccc(C(C(=O)NCCC(=O)OCC)N(CCCCCCC)C(=O)C(NC(=O)OC(C)(C)C)C(C)C)cc1. The largest absolute Gasteiger partial charge is 0.466 e. The maximum Gasteiger partial charge on any atom is 0.408 e. The van der Waals surface area contributed by atoms with Gasteiger partial charge in [0.05, 0.1) is 13.0 Å². The van der Waals surface area contributed by atoms with Gasteiger partial charge >= 0.3 is 12.1 Å². The molecule has 41 heavy (non-hydrogen) atoms. The summed E-state index contributed by atoms with van der Waals surface area (Å²) < 4.78 is 10.4. The van der Waals surface area contributed by atoms with Crippen molar-refractivity contribution >= 4 is 23.9 Å². The number of amides is 3. The molecule has 3 amide bonds. The van der Waals surface area contributed by atoms with Gasteiger partial charge in [-0.15, -0.1) is 6.42 Å². The Labute approximate surface area is 246 Å². The van der Waals surface area contributed by atoms with Gasteiger partial charge in [-0.1, -0.05) is 64.5 Å². The van der Waals surface area contributed by atoms with E-state index in [1.165, 1.54) is 4.90 Å². The van der Waals surface area contributed by atoms with Crippen LogP contribution in [0, 0.1) is 18.3 Å². The Kier molecular flexibility index (Phi) is 15.6. The standard InChI is InChI=1S/C32H49N3O6/c1-9-12-13-14-15-22-35(30(38)27(23(4)5)34-31(39)41-32(6,7)8)28(25-18-16-24(10-2)17-19-25)29(37)33-21-20-26(36)40-11-3/h2,16-19,23,27-28H,9,11-15,20-22H2,1,3-8H3,(H,33,37)(H,34,39). The first-order chi connectivity index (χ1) is 19.3. The molecule has 1 rings (SSSR count). The molecule has 0 saturated carbocycles. The number of alkyl carbamates (subject to hydrolysis) is 1. The van der Waals surface area contributed by atoms with Gasteiger partial charge in [0.25, 0.3) is 0 Å². The molecule has 0 aliphatic rings. The summed E-state index contributed by atoms with van der Waals surface area (Å²) in [6.45, 7) is 13.3. The highest BCUT2D eigenvalue weighted by atomic mass is 16.6. The maximum atomic E-state index is 14.2. The first-order valence-corrected chi connectivity index (χ1v) is 14.6. The van der Waals surface area contributed by atoms with Crippen LogP contribution in [0.1, 0.15) is 104 Å². The molecule has 1 aromatic carbocycles. The van der Waals surface area contributed by atoms with Crippen molar-refractivity contribution in [2.45, 2.75) is 105 Å². The quantitative estimate of drug-likeness (QED) is 0.162. The third kappa shape index (κ3) is 13.1. The van der Waals surface area contributed by atoms with E-state index in [2.05, 4.69) is 23.5 Å². The van der Waals surface area contributed by atoms with Gasteiger partial charge in [0.2, 0.25) is 11.8 Å².